The quantitative estimate of drug-likeness (QED) is 0.801. The smallest absolute Gasteiger partial charge is 0.248 e. The number of halogens is 1. The summed E-state index contributed by atoms with van der Waals surface area (Å²) in [5.41, 5.74) is 0.743. The van der Waals surface area contributed by atoms with E-state index in [1.807, 2.05) is 0 Å². The molecular weight excluding hydrogens is 359 g/mol. The minimum absolute atomic E-state index is 0.227. The maximum Gasteiger partial charge on any atom is 0.248 e. The van der Waals surface area contributed by atoms with Crippen molar-refractivity contribution in [2.24, 2.45) is 0 Å². The van der Waals surface area contributed by atoms with Crippen LogP contribution in [0.25, 0.3) is 0 Å². The van der Waals surface area contributed by atoms with Gasteiger partial charge in [0.25, 0.3) is 0 Å². The first-order valence-electron chi connectivity index (χ1n) is 7.96. The summed E-state index contributed by atoms with van der Waals surface area (Å²) >= 11 is 0. The molecule has 1 atom stereocenters. The number of amides is 1. The van der Waals surface area contributed by atoms with Crippen LogP contribution in [0.1, 0.15) is 13.3 Å². The van der Waals surface area contributed by atoms with Crippen molar-refractivity contribution in [3.8, 4) is 5.75 Å². The van der Waals surface area contributed by atoms with Gasteiger partial charge in [0.1, 0.15) is 17.6 Å². The topological polar surface area (TPSA) is 75.7 Å². The highest BCUT2D eigenvalue weighted by atomic mass is 32.2. The van der Waals surface area contributed by atoms with Gasteiger partial charge in [-0.2, -0.15) is 0 Å². The number of benzene rings is 2. The molecule has 0 heterocycles. The summed E-state index contributed by atoms with van der Waals surface area (Å²) in [6.45, 7) is 1.71. The molecule has 140 valence electrons. The van der Waals surface area contributed by atoms with Crippen LogP contribution in [0.2, 0.25) is 0 Å². The molecular formula is C18H21FN2O4S. The van der Waals surface area contributed by atoms with Crippen LogP contribution in [0.3, 0.4) is 0 Å². The van der Waals surface area contributed by atoms with Crippen LogP contribution in [-0.4, -0.2) is 33.7 Å². The SMILES string of the molecule is CCC(C(=O)Nc1ccc(OC)cc1)N(c1ccc(F)cc1)S(C)(=O)=O. The molecule has 0 fully saturated rings. The predicted octanol–water partition coefficient (Wildman–Crippen LogP) is 3.02. The molecule has 0 aliphatic rings. The van der Waals surface area contributed by atoms with E-state index in [0.29, 0.717) is 11.4 Å². The lowest BCUT2D eigenvalue weighted by Crippen LogP contribution is -2.47. The third-order valence-electron chi connectivity index (χ3n) is 3.77. The number of carbonyl (C=O) groups is 1. The van der Waals surface area contributed by atoms with Gasteiger partial charge in [-0.05, 0) is 55.0 Å². The van der Waals surface area contributed by atoms with Crippen molar-refractivity contribution in [3.05, 3.63) is 54.3 Å². The minimum atomic E-state index is -3.76. The Hall–Kier alpha value is -2.61. The number of rotatable bonds is 7. The number of nitrogens with zero attached hydrogens (tertiary/aromatic N) is 1. The van der Waals surface area contributed by atoms with E-state index in [-0.39, 0.29) is 12.1 Å². The number of anilines is 2. The number of hydrogen-bond donors (Lipinski definition) is 1. The number of carbonyl (C=O) groups excluding carboxylic acids is 1. The van der Waals surface area contributed by atoms with Crippen LogP contribution in [0.15, 0.2) is 48.5 Å². The molecule has 8 heteroatoms. The van der Waals surface area contributed by atoms with E-state index < -0.39 is 27.8 Å². The minimum Gasteiger partial charge on any atom is -0.497 e. The zero-order valence-corrected chi connectivity index (χ0v) is 15.6. The van der Waals surface area contributed by atoms with Crippen molar-refractivity contribution in [2.45, 2.75) is 19.4 Å². The number of sulfonamides is 1. The molecule has 1 unspecified atom stereocenters. The molecule has 0 aliphatic heterocycles. The molecule has 1 N–H and O–H groups in total. The van der Waals surface area contributed by atoms with E-state index in [1.54, 1.807) is 31.2 Å². The van der Waals surface area contributed by atoms with Gasteiger partial charge in [0.2, 0.25) is 15.9 Å². The molecule has 0 aliphatic carbocycles. The highest BCUT2D eigenvalue weighted by Crippen LogP contribution is 2.24. The van der Waals surface area contributed by atoms with Crippen LogP contribution in [0.4, 0.5) is 15.8 Å². The van der Waals surface area contributed by atoms with Gasteiger partial charge >= 0.3 is 0 Å². The molecule has 2 aromatic carbocycles. The van der Waals surface area contributed by atoms with Gasteiger partial charge in [-0.3, -0.25) is 9.10 Å². The third kappa shape index (κ3) is 4.72. The van der Waals surface area contributed by atoms with E-state index in [2.05, 4.69) is 5.32 Å². The number of methoxy groups -OCH3 is 1. The average molecular weight is 380 g/mol. The predicted molar refractivity (Wildman–Crippen MR) is 99.4 cm³/mol. The van der Waals surface area contributed by atoms with Gasteiger partial charge in [-0.1, -0.05) is 6.92 Å². The van der Waals surface area contributed by atoms with Crippen LogP contribution >= 0.6 is 0 Å². The molecule has 1 amide bonds. The lowest BCUT2D eigenvalue weighted by atomic mass is 10.1. The first-order valence-corrected chi connectivity index (χ1v) is 9.81. The van der Waals surface area contributed by atoms with Crippen molar-refractivity contribution < 1.29 is 22.3 Å². The van der Waals surface area contributed by atoms with Crippen molar-refractivity contribution in [2.75, 3.05) is 23.0 Å². The van der Waals surface area contributed by atoms with Crippen molar-refractivity contribution >= 4 is 27.3 Å². The average Bonchev–Trinajstić information content (AvgIpc) is 2.60. The monoisotopic (exact) mass is 380 g/mol. The van der Waals surface area contributed by atoms with Gasteiger partial charge in [-0.25, -0.2) is 12.8 Å². The molecule has 0 saturated heterocycles. The second-order valence-electron chi connectivity index (χ2n) is 5.68. The van der Waals surface area contributed by atoms with Crippen molar-refractivity contribution in [1.29, 1.82) is 0 Å². The molecule has 2 rings (SSSR count). The Morgan fingerprint density at radius 3 is 2.19 bits per heavy atom. The fourth-order valence-electron chi connectivity index (χ4n) is 2.55. The third-order valence-corrected chi connectivity index (χ3v) is 4.95. The fourth-order valence-corrected chi connectivity index (χ4v) is 3.76. The van der Waals surface area contributed by atoms with E-state index >= 15 is 0 Å². The van der Waals surface area contributed by atoms with Crippen molar-refractivity contribution in [3.63, 3.8) is 0 Å². The summed E-state index contributed by atoms with van der Waals surface area (Å²) in [5, 5.41) is 2.70. The summed E-state index contributed by atoms with van der Waals surface area (Å²) in [5.74, 6) is -0.329. The Kier molecular flexibility index (Phi) is 6.20. The summed E-state index contributed by atoms with van der Waals surface area (Å²) in [7, 11) is -2.22. The second-order valence-corrected chi connectivity index (χ2v) is 7.54. The molecule has 0 aromatic heterocycles. The highest BCUT2D eigenvalue weighted by Gasteiger charge is 2.31. The lowest BCUT2D eigenvalue weighted by Gasteiger charge is -2.30. The number of nitrogens with one attached hydrogen (secondary N) is 1. The normalized spacial score (nSPS) is 12.3. The van der Waals surface area contributed by atoms with Crippen molar-refractivity contribution in [1.82, 2.24) is 0 Å². The van der Waals surface area contributed by atoms with E-state index in [9.17, 15) is 17.6 Å². The molecule has 2 aromatic rings. The Labute approximate surface area is 152 Å². The summed E-state index contributed by atoms with van der Waals surface area (Å²) < 4.78 is 43.8. The second kappa shape index (κ2) is 8.18. The first kappa shape index (κ1) is 19.7. The van der Waals surface area contributed by atoms with Gasteiger partial charge in [0, 0.05) is 5.69 Å². The Morgan fingerprint density at radius 2 is 1.73 bits per heavy atom. The standard InChI is InChI=1S/C18H21FN2O4S/c1-4-17(18(22)20-14-7-11-16(25-2)12-8-14)21(26(3,23)24)15-9-5-13(19)6-10-15/h5-12,17H,4H2,1-3H3,(H,20,22). The lowest BCUT2D eigenvalue weighted by molar-refractivity contribution is -0.117. The molecule has 26 heavy (non-hydrogen) atoms. The zero-order chi connectivity index (χ0) is 19.3. The molecule has 0 saturated carbocycles. The Morgan fingerprint density at radius 1 is 1.15 bits per heavy atom. The maximum absolute atomic E-state index is 13.2. The van der Waals surface area contributed by atoms with E-state index in [0.717, 1.165) is 22.7 Å². The number of hydrogen-bond acceptors (Lipinski definition) is 4. The van der Waals surface area contributed by atoms with E-state index in [4.69, 9.17) is 4.74 Å². The molecule has 0 bridgehead atoms. The van der Waals surface area contributed by atoms with Gasteiger partial charge in [-0.15, -0.1) is 0 Å². The molecule has 6 nitrogen and oxygen atoms in total. The molecule has 0 spiro atoms. The van der Waals surface area contributed by atoms with Crippen LogP contribution in [0.5, 0.6) is 5.75 Å². The Bertz CT molecular complexity index is 852. The van der Waals surface area contributed by atoms with Crippen LogP contribution in [-0.2, 0) is 14.8 Å². The maximum atomic E-state index is 13.2. The van der Waals surface area contributed by atoms with Gasteiger partial charge in [0.05, 0.1) is 19.1 Å². The highest BCUT2D eigenvalue weighted by molar-refractivity contribution is 7.92. The largest absolute Gasteiger partial charge is 0.497 e. The van der Waals surface area contributed by atoms with Gasteiger partial charge in [0.15, 0.2) is 0 Å². The summed E-state index contributed by atoms with van der Waals surface area (Å²) in [6.07, 6.45) is 1.26. The zero-order valence-electron chi connectivity index (χ0n) is 14.8. The summed E-state index contributed by atoms with van der Waals surface area (Å²) in [6, 6.07) is 10.7. The number of ether oxygens (including phenoxy) is 1. The van der Waals surface area contributed by atoms with Gasteiger partial charge < -0.3 is 10.1 Å². The van der Waals surface area contributed by atoms with Crippen LogP contribution in [0, 0.1) is 5.82 Å². The molecule has 0 radical (unpaired) electrons. The van der Waals surface area contributed by atoms with E-state index in [1.165, 1.54) is 19.2 Å². The first-order chi connectivity index (χ1) is 12.3. The van der Waals surface area contributed by atoms with Crippen LogP contribution < -0.4 is 14.4 Å². The fraction of sp³-hybridized carbons (Fsp3) is 0.278. The Balaban J connectivity index is 2.31. The summed E-state index contributed by atoms with van der Waals surface area (Å²) in [4.78, 5) is 12.7.